The van der Waals surface area contributed by atoms with E-state index in [0.29, 0.717) is 0 Å². The van der Waals surface area contributed by atoms with E-state index in [0.717, 1.165) is 12.1 Å². The molecule has 0 saturated carbocycles. The van der Waals surface area contributed by atoms with E-state index in [1.54, 1.807) is 0 Å². The molecule has 0 atom stereocenters. The van der Waals surface area contributed by atoms with E-state index in [1.807, 2.05) is 0 Å². The first kappa shape index (κ1) is 16.3. The van der Waals surface area contributed by atoms with Crippen LogP contribution in [0.3, 0.4) is 0 Å². The van der Waals surface area contributed by atoms with Gasteiger partial charge < -0.3 is 9.47 Å². The van der Waals surface area contributed by atoms with E-state index in [-0.39, 0.29) is 26.9 Å². The van der Waals surface area contributed by atoms with Crippen LogP contribution in [0.2, 0.25) is 10.0 Å². The van der Waals surface area contributed by atoms with Crippen molar-refractivity contribution in [2.45, 2.75) is 0 Å². The van der Waals surface area contributed by atoms with Crippen LogP contribution in [0.1, 0.15) is 20.7 Å². The predicted octanol–water partition coefficient (Wildman–Crippen LogP) is 4.14. The van der Waals surface area contributed by atoms with Crippen molar-refractivity contribution in [1.82, 2.24) is 0 Å². The zero-order chi connectivity index (χ0) is 16.3. The maximum absolute atomic E-state index is 12.8. The van der Waals surface area contributed by atoms with Gasteiger partial charge in [0.2, 0.25) is 0 Å². The van der Waals surface area contributed by atoms with Gasteiger partial charge in [-0.3, -0.25) is 0 Å². The van der Waals surface area contributed by atoms with Crippen molar-refractivity contribution in [2.24, 2.45) is 0 Å². The van der Waals surface area contributed by atoms with Crippen LogP contribution in [-0.4, -0.2) is 19.0 Å². The summed E-state index contributed by atoms with van der Waals surface area (Å²) in [5.41, 5.74) is -0.186. The van der Waals surface area contributed by atoms with Crippen LogP contribution in [0, 0.1) is 5.82 Å². The fraction of sp³-hybridized carbons (Fsp3) is 0.0667. The maximum Gasteiger partial charge on any atom is 0.344 e. The van der Waals surface area contributed by atoms with E-state index in [1.165, 1.54) is 31.4 Å². The van der Waals surface area contributed by atoms with Gasteiger partial charge in [0, 0.05) is 0 Å². The van der Waals surface area contributed by atoms with Gasteiger partial charge in [0.1, 0.15) is 11.6 Å². The van der Waals surface area contributed by atoms with Crippen molar-refractivity contribution in [1.29, 1.82) is 0 Å². The Morgan fingerprint density at radius 1 is 0.955 bits per heavy atom. The first-order chi connectivity index (χ1) is 10.4. The molecular weight excluding hydrogens is 334 g/mol. The normalized spacial score (nSPS) is 10.2. The number of benzene rings is 2. The molecule has 0 heterocycles. The number of methoxy groups -OCH3 is 1. The van der Waals surface area contributed by atoms with E-state index in [9.17, 15) is 14.0 Å². The molecule has 0 spiro atoms. The Hall–Kier alpha value is -2.11. The molecule has 0 aliphatic heterocycles. The predicted molar refractivity (Wildman–Crippen MR) is 79.2 cm³/mol. The fourth-order valence-corrected chi connectivity index (χ4v) is 1.99. The lowest BCUT2D eigenvalue weighted by molar-refractivity contribution is 0.0587. The average molecular weight is 343 g/mol. The third kappa shape index (κ3) is 3.55. The number of ether oxygens (including phenoxy) is 2. The minimum absolute atomic E-state index is 0.0796. The molecular formula is C15H9Cl2FO4. The van der Waals surface area contributed by atoms with Gasteiger partial charge in [0.15, 0.2) is 0 Å². The van der Waals surface area contributed by atoms with Crippen LogP contribution in [-0.2, 0) is 4.74 Å². The molecule has 7 heteroatoms. The average Bonchev–Trinajstić information content (AvgIpc) is 2.51. The van der Waals surface area contributed by atoms with Crippen LogP contribution in [0.15, 0.2) is 36.4 Å². The quantitative estimate of drug-likeness (QED) is 0.621. The largest absolute Gasteiger partial charge is 0.465 e. The molecule has 0 unspecified atom stereocenters. The first-order valence-electron chi connectivity index (χ1n) is 5.97. The molecule has 114 valence electrons. The van der Waals surface area contributed by atoms with E-state index >= 15 is 0 Å². The second-order valence-electron chi connectivity index (χ2n) is 4.15. The zero-order valence-electron chi connectivity index (χ0n) is 11.2. The van der Waals surface area contributed by atoms with Gasteiger partial charge in [0.05, 0.1) is 28.3 Å². The number of hydrogen-bond donors (Lipinski definition) is 0. The molecule has 0 saturated heterocycles. The molecule has 0 fully saturated rings. The minimum Gasteiger partial charge on any atom is -0.465 e. The minimum atomic E-state index is -0.842. The standard InChI is InChI=1S/C15H9Cl2FO4/c1-21-14(19)10-6-12(16)13(17)7-11(10)15(20)22-9-4-2-8(18)3-5-9/h2-7H,1H3. The highest BCUT2D eigenvalue weighted by Crippen LogP contribution is 2.27. The summed E-state index contributed by atoms with van der Waals surface area (Å²) in [7, 11) is 1.17. The monoisotopic (exact) mass is 342 g/mol. The van der Waals surface area contributed by atoms with Crippen LogP contribution in [0.4, 0.5) is 4.39 Å². The summed E-state index contributed by atoms with van der Waals surface area (Å²) >= 11 is 11.7. The highest BCUT2D eigenvalue weighted by molar-refractivity contribution is 6.42. The third-order valence-corrected chi connectivity index (χ3v) is 3.43. The van der Waals surface area contributed by atoms with Crippen molar-refractivity contribution in [3.8, 4) is 5.75 Å². The molecule has 0 bridgehead atoms. The Labute approximate surface area is 135 Å². The number of rotatable bonds is 3. The summed E-state index contributed by atoms with van der Waals surface area (Å²) in [4.78, 5) is 23.9. The molecule has 0 aliphatic carbocycles. The summed E-state index contributed by atoms with van der Waals surface area (Å²) < 4.78 is 22.5. The summed E-state index contributed by atoms with van der Waals surface area (Å²) in [6.07, 6.45) is 0. The summed E-state index contributed by atoms with van der Waals surface area (Å²) in [6, 6.07) is 7.27. The first-order valence-corrected chi connectivity index (χ1v) is 6.73. The lowest BCUT2D eigenvalue weighted by atomic mass is 10.1. The molecule has 2 rings (SSSR count). The number of esters is 2. The van der Waals surface area contributed by atoms with E-state index in [2.05, 4.69) is 4.74 Å². The summed E-state index contributed by atoms with van der Waals surface area (Å²) in [6.45, 7) is 0. The van der Waals surface area contributed by atoms with Crippen molar-refractivity contribution >= 4 is 35.1 Å². The van der Waals surface area contributed by atoms with Crippen LogP contribution in [0.5, 0.6) is 5.75 Å². The molecule has 4 nitrogen and oxygen atoms in total. The van der Waals surface area contributed by atoms with Gasteiger partial charge in [-0.25, -0.2) is 14.0 Å². The van der Waals surface area contributed by atoms with Gasteiger partial charge in [-0.1, -0.05) is 23.2 Å². The number of halogens is 3. The SMILES string of the molecule is COC(=O)c1cc(Cl)c(Cl)cc1C(=O)Oc1ccc(F)cc1. The molecule has 0 N–H and O–H groups in total. The summed E-state index contributed by atoms with van der Waals surface area (Å²) in [5.74, 6) is -1.95. The number of carbonyl (C=O) groups is 2. The Morgan fingerprint density at radius 3 is 1.95 bits per heavy atom. The Bertz CT molecular complexity index is 729. The van der Waals surface area contributed by atoms with Gasteiger partial charge in [0.25, 0.3) is 0 Å². The lowest BCUT2D eigenvalue weighted by Gasteiger charge is -2.09. The second kappa shape index (κ2) is 6.77. The van der Waals surface area contributed by atoms with Crippen molar-refractivity contribution in [3.63, 3.8) is 0 Å². The highest BCUT2D eigenvalue weighted by Gasteiger charge is 2.22. The second-order valence-corrected chi connectivity index (χ2v) is 4.96. The van der Waals surface area contributed by atoms with E-state index < -0.39 is 17.8 Å². The molecule has 22 heavy (non-hydrogen) atoms. The highest BCUT2D eigenvalue weighted by atomic mass is 35.5. The Kier molecular flexibility index (Phi) is 5.00. The summed E-state index contributed by atoms with van der Waals surface area (Å²) in [5, 5.41) is 0.181. The van der Waals surface area contributed by atoms with Crippen LogP contribution < -0.4 is 4.74 Å². The molecule has 2 aromatic rings. The third-order valence-electron chi connectivity index (χ3n) is 2.71. The maximum atomic E-state index is 12.8. The van der Waals surface area contributed by atoms with Crippen molar-refractivity contribution < 1.29 is 23.5 Å². The number of carbonyl (C=O) groups excluding carboxylic acids is 2. The Morgan fingerprint density at radius 2 is 1.45 bits per heavy atom. The van der Waals surface area contributed by atoms with Crippen LogP contribution >= 0.6 is 23.2 Å². The van der Waals surface area contributed by atoms with Gasteiger partial charge in [-0.2, -0.15) is 0 Å². The molecule has 0 amide bonds. The molecule has 2 aromatic carbocycles. The lowest BCUT2D eigenvalue weighted by Crippen LogP contribution is -2.15. The van der Waals surface area contributed by atoms with Gasteiger partial charge in [-0.05, 0) is 36.4 Å². The van der Waals surface area contributed by atoms with Crippen LogP contribution in [0.25, 0.3) is 0 Å². The molecule has 0 aliphatic rings. The van der Waals surface area contributed by atoms with Crippen molar-refractivity contribution in [3.05, 3.63) is 63.4 Å². The van der Waals surface area contributed by atoms with Gasteiger partial charge in [-0.15, -0.1) is 0 Å². The number of hydrogen-bond acceptors (Lipinski definition) is 4. The smallest absolute Gasteiger partial charge is 0.344 e. The molecule has 0 radical (unpaired) electrons. The van der Waals surface area contributed by atoms with Crippen molar-refractivity contribution in [2.75, 3.05) is 7.11 Å². The Balaban J connectivity index is 2.37. The molecule has 0 aromatic heterocycles. The fourth-order valence-electron chi connectivity index (χ4n) is 1.66. The zero-order valence-corrected chi connectivity index (χ0v) is 12.7. The van der Waals surface area contributed by atoms with Gasteiger partial charge >= 0.3 is 11.9 Å². The van der Waals surface area contributed by atoms with E-state index in [4.69, 9.17) is 27.9 Å². The topological polar surface area (TPSA) is 52.6 Å².